The molecule has 4 heterocycles. The number of carbonyl (C=O) groups excluding carboxylic acids is 6. The fourth-order valence-electron chi connectivity index (χ4n) is 13.2. The molecule has 0 radical (unpaired) electrons. The number of amides is 4. The number of cyclic esters (lactones) is 1. The number of aliphatic imine (C=N–C) groups is 1. The Bertz CT molecular complexity index is 2940. The molecular formula is C75H127N11O21. The lowest BCUT2D eigenvalue weighted by molar-refractivity contribution is -0.302. The monoisotopic (exact) mass is 1520 g/mol. The normalized spacial score (nSPS) is 32.3. The van der Waals surface area contributed by atoms with Gasteiger partial charge < -0.3 is 124 Å². The maximum absolute atomic E-state index is 14.5. The van der Waals surface area contributed by atoms with Crippen LogP contribution in [-0.2, 0) is 52.5 Å². The Kier molecular flexibility index (Phi) is 42.1. The van der Waals surface area contributed by atoms with Crippen molar-refractivity contribution < 1.29 is 104 Å². The SMILES string of the molecule is CC(O)C(N)C(=O)NC(CCCCN)C(=O)N1CCCC1C(=O)NC(CCCN=C(N)N)C(=O)C(C)N(C)CCOCCNC(=O)C1C(O)CC2(O)CC(O)CC(O)C(O)CCC(O)CC(O)CC(=O)OC(C)C(C)C(O)C(C)C=CC=CC=CC=CC=CC=CC=CC(OC3CC(N)C(O)C(C)O3)CC1O2. The molecular weight excluding hydrogens is 1390 g/mol. The van der Waals surface area contributed by atoms with E-state index in [1.54, 1.807) is 94.3 Å². The molecule has 2 bridgehead atoms. The first kappa shape index (κ1) is 93.1. The quantitative estimate of drug-likeness (QED) is 0.0203. The molecule has 32 nitrogen and oxygen atoms in total. The fraction of sp³-hybridized carbons (Fsp3) is 0.720. The molecule has 32 heteroatoms. The number of nitrogens with two attached hydrogens (primary N) is 5. The zero-order valence-electron chi connectivity index (χ0n) is 63.3. The minimum Gasteiger partial charge on any atom is -0.462 e. The number of aliphatic hydroxyl groups excluding tert-OH is 9. The smallest absolute Gasteiger partial charge is 0.308 e. The lowest BCUT2D eigenvalue weighted by atomic mass is 9.82. The number of esters is 1. The molecule has 24 atom stereocenters. The van der Waals surface area contributed by atoms with Gasteiger partial charge in [0.15, 0.2) is 23.8 Å². The molecule has 0 aromatic heterocycles. The first-order chi connectivity index (χ1) is 50.7. The Labute approximate surface area is 629 Å². The van der Waals surface area contributed by atoms with E-state index < -0.39 is 195 Å². The number of nitrogens with zero attached hydrogens (tertiary/aromatic N) is 3. The number of likely N-dealkylation sites (tertiary alicyclic amines) is 1. The highest BCUT2D eigenvalue weighted by molar-refractivity contribution is 5.96. The summed E-state index contributed by atoms with van der Waals surface area (Å²) in [6.07, 6.45) is 7.42. The molecule has 24 unspecified atom stereocenters. The van der Waals surface area contributed by atoms with Gasteiger partial charge in [0.25, 0.3) is 0 Å². The first-order valence-electron chi connectivity index (χ1n) is 37.7. The summed E-state index contributed by atoms with van der Waals surface area (Å²) in [4.78, 5) is 90.1. The highest BCUT2D eigenvalue weighted by atomic mass is 16.7. The average molecular weight is 1520 g/mol. The van der Waals surface area contributed by atoms with E-state index in [0.29, 0.717) is 32.2 Å². The van der Waals surface area contributed by atoms with Crippen molar-refractivity contribution >= 4 is 41.3 Å². The third kappa shape index (κ3) is 33.1. The summed E-state index contributed by atoms with van der Waals surface area (Å²) in [6, 6.07) is -5.94. The van der Waals surface area contributed by atoms with Gasteiger partial charge in [-0.15, -0.1) is 0 Å². The predicted molar refractivity (Wildman–Crippen MR) is 400 cm³/mol. The molecule has 0 aromatic rings. The van der Waals surface area contributed by atoms with Crippen molar-refractivity contribution in [2.24, 2.45) is 51.4 Å². The second-order valence-electron chi connectivity index (χ2n) is 28.9. The third-order valence-electron chi connectivity index (χ3n) is 19.9. The van der Waals surface area contributed by atoms with Crippen LogP contribution in [0.5, 0.6) is 0 Å². The van der Waals surface area contributed by atoms with Gasteiger partial charge >= 0.3 is 5.97 Å². The third-order valence-corrected chi connectivity index (χ3v) is 19.9. The number of nitrogens with one attached hydrogen (secondary N) is 3. The number of rotatable bonds is 26. The van der Waals surface area contributed by atoms with E-state index in [-0.39, 0.29) is 108 Å². The zero-order valence-corrected chi connectivity index (χ0v) is 63.3. The van der Waals surface area contributed by atoms with Crippen LogP contribution in [0.15, 0.2) is 90.1 Å². The van der Waals surface area contributed by atoms with Crippen molar-refractivity contribution in [1.29, 1.82) is 0 Å². The van der Waals surface area contributed by atoms with Crippen LogP contribution in [0, 0.1) is 17.8 Å². The van der Waals surface area contributed by atoms with Crippen LogP contribution in [0.4, 0.5) is 0 Å². The minimum atomic E-state index is -2.35. The Hall–Kier alpha value is -6.25. The van der Waals surface area contributed by atoms with Crippen molar-refractivity contribution in [2.45, 2.75) is 272 Å². The number of Topliss-reactive ketones (excluding diaryl/α,β-unsaturated/α-hetero) is 1. The van der Waals surface area contributed by atoms with E-state index >= 15 is 0 Å². The Morgan fingerprint density at radius 1 is 0.729 bits per heavy atom. The largest absolute Gasteiger partial charge is 0.462 e. The van der Waals surface area contributed by atoms with Crippen molar-refractivity contribution in [3.05, 3.63) is 85.1 Å². The summed E-state index contributed by atoms with van der Waals surface area (Å²) in [5.41, 5.74) is 29.1. The van der Waals surface area contributed by atoms with Gasteiger partial charge in [0.1, 0.15) is 24.2 Å². The Morgan fingerprint density at radius 2 is 1.36 bits per heavy atom. The number of allylic oxidation sites excluding steroid dienone is 12. The zero-order chi connectivity index (χ0) is 79.5. The van der Waals surface area contributed by atoms with Crippen molar-refractivity contribution in [3.63, 3.8) is 0 Å². The second kappa shape index (κ2) is 48.4. The number of ketones is 1. The van der Waals surface area contributed by atoms with E-state index in [9.17, 15) is 79.8 Å². The molecule has 23 N–H and O–H groups in total. The standard InChI is InChI=1S/C75H127N11O21/c1-45-24-18-16-14-12-10-8-9-11-13-15-17-19-25-54(106-64-42-55(77)69(97)50(6)105-64)41-62-65(61(93)44-75(102,107-62)43-53(90)39-60(92)59(91)30-29-51(88)38-52(89)40-63(94)104-49(5)46(2)67(45)95)71(99)81-33-36-103-37-35-85(7)47(3)68(96)56(27-22-32-82-74(79)80)83-70(98)58-28-23-34-86(58)73(101)57(26-20-21-31-76)84-72(100)66(78)48(4)87/h8-19,24-25,45-62,64-67,69,87-93,95,97,102H,20-23,26-44,76-78H2,1-7H3,(H,81,99)(H,83,98)(H,84,100)(H4,79,80,82). The highest BCUT2D eigenvalue weighted by Crippen LogP contribution is 2.38. The second-order valence-corrected chi connectivity index (χ2v) is 28.9. The summed E-state index contributed by atoms with van der Waals surface area (Å²) in [6.45, 7) is 10.6. The van der Waals surface area contributed by atoms with Gasteiger partial charge in [-0.05, 0) is 105 Å². The van der Waals surface area contributed by atoms with Gasteiger partial charge in [0, 0.05) is 76.2 Å². The van der Waals surface area contributed by atoms with Crippen molar-refractivity contribution in [2.75, 3.05) is 53.0 Å². The lowest BCUT2D eigenvalue weighted by Crippen LogP contribution is -2.58. The molecule has 608 valence electrons. The molecule has 0 saturated carbocycles. The fourth-order valence-corrected chi connectivity index (χ4v) is 13.2. The van der Waals surface area contributed by atoms with Crippen molar-refractivity contribution in [3.8, 4) is 0 Å². The number of guanidine groups is 1. The van der Waals surface area contributed by atoms with Gasteiger partial charge in [-0.2, -0.15) is 0 Å². The summed E-state index contributed by atoms with van der Waals surface area (Å²) in [5.74, 6) is -8.34. The number of unbranched alkanes of at least 4 members (excludes halogenated alkanes) is 1. The molecule has 0 spiro atoms. The molecule has 4 aliphatic rings. The molecule has 0 aliphatic carbocycles. The number of fused-ring (bicyclic) bond motifs is 2. The van der Waals surface area contributed by atoms with Gasteiger partial charge in [-0.25, -0.2) is 0 Å². The van der Waals surface area contributed by atoms with Crippen LogP contribution in [0.25, 0.3) is 0 Å². The Balaban J connectivity index is 1.53. The van der Waals surface area contributed by atoms with Crippen LogP contribution in [0.1, 0.15) is 144 Å². The Morgan fingerprint density at radius 3 is 1.99 bits per heavy atom. The highest BCUT2D eigenvalue weighted by Gasteiger charge is 2.51. The average Bonchev–Trinajstić information content (AvgIpc) is 1.41. The number of aliphatic hydroxyl groups is 10. The van der Waals surface area contributed by atoms with Crippen LogP contribution in [0.2, 0.25) is 0 Å². The van der Waals surface area contributed by atoms with E-state index in [0.717, 1.165) is 0 Å². The minimum absolute atomic E-state index is 0.0504. The van der Waals surface area contributed by atoms with E-state index in [1.807, 2.05) is 37.3 Å². The molecule has 3 saturated heterocycles. The van der Waals surface area contributed by atoms with Crippen molar-refractivity contribution in [1.82, 2.24) is 25.8 Å². The molecule has 4 amide bonds. The van der Waals surface area contributed by atoms with Crippen LogP contribution in [-0.4, -0.2) is 283 Å². The first-order valence-corrected chi connectivity index (χ1v) is 37.7. The maximum Gasteiger partial charge on any atom is 0.308 e. The van der Waals surface area contributed by atoms with E-state index in [4.69, 9.17) is 52.4 Å². The topological polar surface area (TPSA) is 536 Å². The van der Waals surface area contributed by atoms with E-state index in [2.05, 4.69) is 20.9 Å². The van der Waals surface area contributed by atoms with E-state index in [1.165, 1.54) is 11.8 Å². The number of likely N-dealkylation sites (N-methyl/N-ethyl adjacent to an activating group) is 1. The van der Waals surface area contributed by atoms with Gasteiger partial charge in [-0.3, -0.25) is 38.7 Å². The molecule has 107 heavy (non-hydrogen) atoms. The summed E-state index contributed by atoms with van der Waals surface area (Å²) in [7, 11) is 1.69. The van der Waals surface area contributed by atoms with Gasteiger partial charge in [0.2, 0.25) is 23.6 Å². The molecule has 4 aliphatic heterocycles. The van der Waals surface area contributed by atoms with Gasteiger partial charge in [0.05, 0.1) is 111 Å². The van der Waals surface area contributed by atoms with Crippen LogP contribution >= 0.6 is 0 Å². The molecule has 3 fully saturated rings. The van der Waals surface area contributed by atoms with Gasteiger partial charge in [-0.1, -0.05) is 98.9 Å². The summed E-state index contributed by atoms with van der Waals surface area (Å²) < 4.78 is 30.3. The molecule has 4 rings (SSSR count). The maximum atomic E-state index is 14.5. The lowest BCUT2D eigenvalue weighted by Gasteiger charge is -2.45. The van der Waals surface area contributed by atoms with Crippen LogP contribution in [0.3, 0.4) is 0 Å². The number of hydrogen-bond acceptors (Lipinski definition) is 26. The summed E-state index contributed by atoms with van der Waals surface area (Å²) in [5, 5.41) is 119. The number of carbonyl (C=O) groups is 6. The number of hydrogen-bond donors (Lipinski definition) is 18. The predicted octanol–water partition coefficient (Wildman–Crippen LogP) is -1.47. The van der Waals surface area contributed by atoms with Crippen LogP contribution < -0.4 is 44.6 Å². The molecule has 0 aromatic carbocycles. The summed E-state index contributed by atoms with van der Waals surface area (Å²) >= 11 is 0. The number of ether oxygens (including phenoxy) is 5.